The largest absolute Gasteiger partial charge is 0.495 e. The van der Waals surface area contributed by atoms with E-state index >= 15 is 0 Å². The summed E-state index contributed by atoms with van der Waals surface area (Å²) >= 11 is 0. The molecule has 0 saturated heterocycles. The number of aromatic nitrogens is 2. The van der Waals surface area contributed by atoms with Crippen LogP contribution < -0.4 is 4.74 Å². The van der Waals surface area contributed by atoms with Gasteiger partial charge in [-0.05, 0) is 37.1 Å². The molecule has 2 heterocycles. The highest BCUT2D eigenvalue weighted by molar-refractivity contribution is 7.89. The molecule has 0 spiro atoms. The van der Waals surface area contributed by atoms with E-state index in [0.29, 0.717) is 25.3 Å². The van der Waals surface area contributed by atoms with Gasteiger partial charge in [-0.2, -0.15) is 4.31 Å². The average Bonchev–Trinajstić information content (AvgIpc) is 2.90. The van der Waals surface area contributed by atoms with E-state index in [-0.39, 0.29) is 4.90 Å². The Hall–Kier alpha value is -1.86. The van der Waals surface area contributed by atoms with Crippen molar-refractivity contribution in [1.29, 1.82) is 0 Å². The zero-order chi connectivity index (χ0) is 16.8. The summed E-state index contributed by atoms with van der Waals surface area (Å²) in [6.45, 7) is 4.62. The number of aryl methyl sites for hydroxylation is 3. The van der Waals surface area contributed by atoms with Gasteiger partial charge in [0.25, 0.3) is 0 Å². The number of imidazole rings is 1. The first-order valence-corrected chi connectivity index (χ1v) is 8.93. The predicted octanol–water partition coefficient (Wildman–Crippen LogP) is 1.79. The van der Waals surface area contributed by atoms with Crippen LogP contribution in [-0.2, 0) is 30.0 Å². The number of nitrogens with zero attached hydrogens (tertiary/aromatic N) is 3. The van der Waals surface area contributed by atoms with Crippen molar-refractivity contribution in [3.05, 3.63) is 41.0 Å². The fraction of sp³-hybridized carbons (Fsp3) is 0.438. The van der Waals surface area contributed by atoms with Crippen LogP contribution >= 0.6 is 0 Å². The molecule has 124 valence electrons. The Morgan fingerprint density at radius 1 is 1.22 bits per heavy atom. The first kappa shape index (κ1) is 16.0. The summed E-state index contributed by atoms with van der Waals surface area (Å²) in [6, 6.07) is 3.48. The molecule has 2 aromatic rings. The van der Waals surface area contributed by atoms with Crippen LogP contribution in [0.25, 0.3) is 0 Å². The maximum Gasteiger partial charge on any atom is 0.247 e. The molecule has 0 radical (unpaired) electrons. The molecule has 3 rings (SSSR count). The minimum absolute atomic E-state index is 0.230. The lowest BCUT2D eigenvalue weighted by atomic mass is 10.1. The van der Waals surface area contributed by atoms with Gasteiger partial charge >= 0.3 is 0 Å². The summed E-state index contributed by atoms with van der Waals surface area (Å²) in [4.78, 5) is 4.55. The SMILES string of the molecule is COc1cc(C)c(C)cc1S(=O)(=O)N1CCc2ncn(C)c2C1. The summed E-state index contributed by atoms with van der Waals surface area (Å²) in [7, 11) is -0.228. The van der Waals surface area contributed by atoms with Crippen LogP contribution in [0.1, 0.15) is 22.5 Å². The standard InChI is InChI=1S/C16H21N3O3S/c1-11-7-15(22-4)16(8-12(11)2)23(20,21)19-6-5-13-14(9-19)18(3)10-17-13/h7-8,10H,5-6,9H2,1-4H3. The molecule has 1 aromatic heterocycles. The quantitative estimate of drug-likeness (QED) is 0.858. The van der Waals surface area contributed by atoms with Gasteiger partial charge in [-0.15, -0.1) is 0 Å². The normalized spacial score (nSPS) is 15.5. The molecule has 0 saturated carbocycles. The third-order valence-corrected chi connectivity index (χ3v) is 6.33. The number of hydrogen-bond acceptors (Lipinski definition) is 4. The van der Waals surface area contributed by atoms with Gasteiger partial charge in [0.1, 0.15) is 10.6 Å². The Morgan fingerprint density at radius 2 is 1.91 bits per heavy atom. The number of methoxy groups -OCH3 is 1. The van der Waals surface area contributed by atoms with Crippen molar-refractivity contribution in [2.75, 3.05) is 13.7 Å². The summed E-state index contributed by atoms with van der Waals surface area (Å²) < 4.78 is 34.9. The van der Waals surface area contributed by atoms with E-state index in [1.54, 1.807) is 18.5 Å². The highest BCUT2D eigenvalue weighted by Gasteiger charge is 2.32. The molecule has 0 fully saturated rings. The van der Waals surface area contributed by atoms with Gasteiger partial charge in [0.15, 0.2) is 0 Å². The second-order valence-electron chi connectivity index (χ2n) is 5.92. The fourth-order valence-corrected chi connectivity index (χ4v) is 4.49. The Kier molecular flexibility index (Phi) is 3.93. The van der Waals surface area contributed by atoms with Crippen LogP contribution in [0.4, 0.5) is 0 Å². The monoisotopic (exact) mass is 335 g/mol. The number of fused-ring (bicyclic) bond motifs is 1. The lowest BCUT2D eigenvalue weighted by Gasteiger charge is -2.27. The lowest BCUT2D eigenvalue weighted by molar-refractivity contribution is 0.370. The smallest absolute Gasteiger partial charge is 0.247 e. The molecular weight excluding hydrogens is 314 g/mol. The topological polar surface area (TPSA) is 64.4 Å². The number of hydrogen-bond donors (Lipinski definition) is 0. The molecule has 0 amide bonds. The number of ether oxygens (including phenoxy) is 1. The molecule has 0 unspecified atom stereocenters. The highest BCUT2D eigenvalue weighted by atomic mass is 32.2. The summed E-state index contributed by atoms with van der Waals surface area (Å²) in [6.07, 6.45) is 2.36. The van der Waals surface area contributed by atoms with Crippen molar-refractivity contribution >= 4 is 10.0 Å². The fourth-order valence-electron chi connectivity index (χ4n) is 2.86. The Bertz CT molecular complexity index is 856. The van der Waals surface area contributed by atoms with E-state index in [2.05, 4.69) is 4.98 Å². The van der Waals surface area contributed by atoms with Crippen molar-refractivity contribution in [2.24, 2.45) is 7.05 Å². The minimum atomic E-state index is -3.61. The zero-order valence-corrected chi connectivity index (χ0v) is 14.6. The van der Waals surface area contributed by atoms with Gasteiger partial charge in [-0.25, -0.2) is 13.4 Å². The van der Waals surface area contributed by atoms with E-state index < -0.39 is 10.0 Å². The molecule has 0 atom stereocenters. The second-order valence-corrected chi connectivity index (χ2v) is 7.83. The molecule has 1 aromatic carbocycles. The summed E-state index contributed by atoms with van der Waals surface area (Å²) in [5.41, 5.74) is 3.87. The van der Waals surface area contributed by atoms with Crippen LogP contribution in [0.3, 0.4) is 0 Å². The van der Waals surface area contributed by atoms with E-state index in [4.69, 9.17) is 4.74 Å². The van der Waals surface area contributed by atoms with Gasteiger partial charge in [-0.3, -0.25) is 0 Å². The maximum absolute atomic E-state index is 13.1. The van der Waals surface area contributed by atoms with Crippen molar-refractivity contribution in [3.63, 3.8) is 0 Å². The van der Waals surface area contributed by atoms with Gasteiger partial charge in [0.05, 0.1) is 31.4 Å². The van der Waals surface area contributed by atoms with Gasteiger partial charge in [0, 0.05) is 20.0 Å². The first-order chi connectivity index (χ1) is 10.8. The van der Waals surface area contributed by atoms with E-state index in [9.17, 15) is 8.42 Å². The average molecular weight is 335 g/mol. The molecule has 1 aliphatic rings. The molecule has 0 bridgehead atoms. The van der Waals surface area contributed by atoms with Crippen molar-refractivity contribution in [1.82, 2.24) is 13.9 Å². The highest BCUT2D eigenvalue weighted by Crippen LogP contribution is 2.32. The van der Waals surface area contributed by atoms with E-state index in [1.165, 1.54) is 11.4 Å². The van der Waals surface area contributed by atoms with Crippen LogP contribution in [0.2, 0.25) is 0 Å². The number of benzene rings is 1. The van der Waals surface area contributed by atoms with Crippen LogP contribution in [0, 0.1) is 13.8 Å². The molecule has 7 heteroatoms. The Morgan fingerprint density at radius 3 is 2.61 bits per heavy atom. The molecule has 0 N–H and O–H groups in total. The summed E-state index contributed by atoms with van der Waals surface area (Å²) in [5.74, 6) is 0.393. The van der Waals surface area contributed by atoms with E-state index in [0.717, 1.165) is 22.5 Å². The van der Waals surface area contributed by atoms with Crippen molar-refractivity contribution < 1.29 is 13.2 Å². The molecule has 0 aliphatic carbocycles. The molecular formula is C16H21N3O3S. The molecule has 23 heavy (non-hydrogen) atoms. The van der Waals surface area contributed by atoms with Crippen molar-refractivity contribution in [3.8, 4) is 5.75 Å². The van der Waals surface area contributed by atoms with Crippen LogP contribution in [0.5, 0.6) is 5.75 Å². The Balaban J connectivity index is 2.03. The van der Waals surface area contributed by atoms with Crippen LogP contribution in [0.15, 0.2) is 23.4 Å². The predicted molar refractivity (Wildman–Crippen MR) is 87.0 cm³/mol. The zero-order valence-electron chi connectivity index (χ0n) is 13.8. The maximum atomic E-state index is 13.1. The number of sulfonamides is 1. The molecule has 6 nitrogen and oxygen atoms in total. The van der Waals surface area contributed by atoms with Gasteiger partial charge in [0.2, 0.25) is 10.0 Å². The minimum Gasteiger partial charge on any atom is -0.495 e. The molecule has 1 aliphatic heterocycles. The lowest BCUT2D eigenvalue weighted by Crippen LogP contribution is -2.36. The number of rotatable bonds is 3. The van der Waals surface area contributed by atoms with Crippen molar-refractivity contribution in [2.45, 2.75) is 31.7 Å². The third kappa shape index (κ3) is 2.64. The van der Waals surface area contributed by atoms with Crippen LogP contribution in [-0.4, -0.2) is 35.9 Å². The third-order valence-electron chi connectivity index (χ3n) is 4.47. The van der Waals surface area contributed by atoms with Gasteiger partial charge in [-0.1, -0.05) is 0 Å². The van der Waals surface area contributed by atoms with Gasteiger partial charge < -0.3 is 9.30 Å². The van der Waals surface area contributed by atoms with E-state index in [1.807, 2.05) is 25.5 Å². The second kappa shape index (κ2) is 5.65. The Labute approximate surface area is 136 Å². The summed E-state index contributed by atoms with van der Waals surface area (Å²) in [5, 5.41) is 0. The first-order valence-electron chi connectivity index (χ1n) is 7.49.